The molecular weight excluding hydrogens is 336 g/mol. The first kappa shape index (κ1) is 14.6. The summed E-state index contributed by atoms with van der Waals surface area (Å²) >= 11 is 1.51. The zero-order valence-corrected chi connectivity index (χ0v) is 13.9. The topological polar surface area (TPSA) is 97.2 Å². The van der Waals surface area contributed by atoms with Crippen LogP contribution in [0.15, 0.2) is 22.3 Å². The van der Waals surface area contributed by atoms with Crippen molar-refractivity contribution in [2.75, 3.05) is 11.5 Å². The van der Waals surface area contributed by atoms with E-state index in [0.717, 1.165) is 4.88 Å². The highest BCUT2D eigenvalue weighted by Gasteiger charge is 2.33. The summed E-state index contributed by atoms with van der Waals surface area (Å²) in [6.07, 6.45) is 0.470. The maximum Gasteiger partial charge on any atom is 0.277 e. The van der Waals surface area contributed by atoms with Crippen LogP contribution in [0.4, 0.5) is 0 Å². The van der Waals surface area contributed by atoms with Gasteiger partial charge in [0.15, 0.2) is 15.7 Å². The molecule has 23 heavy (non-hydrogen) atoms. The van der Waals surface area contributed by atoms with Crippen molar-refractivity contribution in [3.05, 3.63) is 39.1 Å². The Balaban J connectivity index is 1.88. The minimum Gasteiger partial charge on any atom is -0.270 e. The van der Waals surface area contributed by atoms with E-state index < -0.39 is 9.84 Å². The summed E-state index contributed by atoms with van der Waals surface area (Å²) in [5, 5.41) is 4.90. The van der Waals surface area contributed by atoms with Gasteiger partial charge in [0.1, 0.15) is 0 Å². The molecule has 4 rings (SSSR count). The number of rotatable bonds is 2. The first-order chi connectivity index (χ1) is 10.9. The van der Waals surface area contributed by atoms with E-state index in [0.29, 0.717) is 29.3 Å². The molecule has 1 aliphatic rings. The Morgan fingerprint density at radius 1 is 1.39 bits per heavy atom. The lowest BCUT2D eigenvalue weighted by molar-refractivity contribution is 0.601. The van der Waals surface area contributed by atoms with Crippen LogP contribution < -0.4 is 5.56 Å². The van der Waals surface area contributed by atoms with Crippen LogP contribution in [0, 0.1) is 6.92 Å². The molecule has 4 heterocycles. The van der Waals surface area contributed by atoms with Crippen LogP contribution in [0.2, 0.25) is 0 Å². The molecule has 3 aromatic heterocycles. The molecule has 9 heteroatoms. The van der Waals surface area contributed by atoms with Crippen molar-refractivity contribution in [3.63, 3.8) is 0 Å². The zero-order valence-electron chi connectivity index (χ0n) is 12.3. The number of nitrogens with zero attached hydrogens (tertiary/aromatic N) is 3. The quantitative estimate of drug-likeness (QED) is 0.752. The molecule has 0 bridgehead atoms. The first-order valence-electron chi connectivity index (χ1n) is 7.18. The Labute approximate surface area is 135 Å². The van der Waals surface area contributed by atoms with Gasteiger partial charge in [-0.25, -0.2) is 13.4 Å². The number of hydrogen-bond donors (Lipinski definition) is 1. The predicted molar refractivity (Wildman–Crippen MR) is 87.7 cm³/mol. The number of aromatic amines is 1. The minimum absolute atomic E-state index is 0.0166. The number of aryl methyl sites for hydroxylation is 1. The lowest BCUT2D eigenvalue weighted by Crippen LogP contribution is -2.25. The molecular formula is C14H14N4O3S2. The zero-order chi connectivity index (χ0) is 16.2. The van der Waals surface area contributed by atoms with Crippen LogP contribution in [-0.4, -0.2) is 39.5 Å². The molecule has 3 aromatic rings. The summed E-state index contributed by atoms with van der Waals surface area (Å²) in [7, 11) is -3.06. The second-order valence-electron chi connectivity index (χ2n) is 5.70. The fourth-order valence-electron chi connectivity index (χ4n) is 3.05. The molecule has 0 amide bonds. The number of sulfone groups is 1. The van der Waals surface area contributed by atoms with Crippen molar-refractivity contribution in [1.82, 2.24) is 19.6 Å². The molecule has 1 unspecified atom stereocenters. The summed E-state index contributed by atoms with van der Waals surface area (Å²) in [5.41, 5.74) is 0.774. The molecule has 1 fully saturated rings. The van der Waals surface area contributed by atoms with Gasteiger partial charge < -0.3 is 0 Å². The average Bonchev–Trinajstić information content (AvgIpc) is 3.17. The normalized spacial score (nSPS) is 20.3. The summed E-state index contributed by atoms with van der Waals surface area (Å²) in [4.78, 5) is 22.5. The number of thiophene rings is 1. The molecule has 0 aliphatic carbocycles. The predicted octanol–water partition coefficient (Wildman–Crippen LogP) is 1.36. The van der Waals surface area contributed by atoms with Gasteiger partial charge in [0, 0.05) is 11.5 Å². The highest BCUT2D eigenvalue weighted by atomic mass is 32.2. The van der Waals surface area contributed by atoms with E-state index in [1.54, 1.807) is 6.92 Å². The molecule has 1 atom stereocenters. The van der Waals surface area contributed by atoms with Crippen molar-refractivity contribution in [3.8, 4) is 10.7 Å². The van der Waals surface area contributed by atoms with E-state index in [9.17, 15) is 13.2 Å². The Hall–Kier alpha value is -2.00. The van der Waals surface area contributed by atoms with Gasteiger partial charge in [-0.05, 0) is 24.8 Å². The van der Waals surface area contributed by atoms with Crippen molar-refractivity contribution in [2.24, 2.45) is 0 Å². The lowest BCUT2D eigenvalue weighted by Gasteiger charge is -2.09. The van der Waals surface area contributed by atoms with Gasteiger partial charge in [-0.15, -0.1) is 11.3 Å². The fourth-order valence-corrected chi connectivity index (χ4v) is 5.47. The van der Waals surface area contributed by atoms with Crippen molar-refractivity contribution >= 4 is 27.0 Å². The summed E-state index contributed by atoms with van der Waals surface area (Å²) in [5.74, 6) is 0.747. The third-order valence-corrected chi connectivity index (χ3v) is 6.76. The molecule has 1 aliphatic heterocycles. The molecule has 1 N–H and O–H groups in total. The molecule has 0 aromatic carbocycles. The third-order valence-electron chi connectivity index (χ3n) is 4.12. The van der Waals surface area contributed by atoms with Crippen molar-refractivity contribution in [2.45, 2.75) is 19.3 Å². The van der Waals surface area contributed by atoms with Gasteiger partial charge >= 0.3 is 0 Å². The maximum atomic E-state index is 12.8. The largest absolute Gasteiger partial charge is 0.277 e. The average molecular weight is 350 g/mol. The van der Waals surface area contributed by atoms with Crippen LogP contribution in [0.3, 0.4) is 0 Å². The standard InChI is InChI=1S/C14H14N4O3S2/c1-8-11(9-4-6-23(20,21)7-9)13(19)18-14(15-8)16-12(17-18)10-3-2-5-22-10/h2-3,5,9H,4,6-7H2,1H3,(H,15,16,17). The Morgan fingerprint density at radius 2 is 2.22 bits per heavy atom. The van der Waals surface area contributed by atoms with Gasteiger partial charge in [0.2, 0.25) is 0 Å². The van der Waals surface area contributed by atoms with Crippen LogP contribution in [0.1, 0.15) is 23.6 Å². The van der Waals surface area contributed by atoms with E-state index in [1.165, 1.54) is 15.9 Å². The monoisotopic (exact) mass is 350 g/mol. The van der Waals surface area contributed by atoms with Crippen LogP contribution in [0.25, 0.3) is 16.5 Å². The van der Waals surface area contributed by atoms with E-state index in [-0.39, 0.29) is 23.0 Å². The van der Waals surface area contributed by atoms with Gasteiger partial charge in [-0.2, -0.15) is 9.50 Å². The molecule has 120 valence electrons. The molecule has 1 saturated heterocycles. The number of H-pyrrole nitrogens is 1. The van der Waals surface area contributed by atoms with Crippen molar-refractivity contribution < 1.29 is 8.42 Å². The Morgan fingerprint density at radius 3 is 2.87 bits per heavy atom. The van der Waals surface area contributed by atoms with Gasteiger partial charge in [-0.1, -0.05) is 6.07 Å². The number of aromatic nitrogens is 4. The maximum absolute atomic E-state index is 12.8. The van der Waals surface area contributed by atoms with E-state index >= 15 is 0 Å². The highest BCUT2D eigenvalue weighted by molar-refractivity contribution is 7.91. The lowest BCUT2D eigenvalue weighted by atomic mass is 9.99. The van der Waals surface area contributed by atoms with Crippen molar-refractivity contribution in [1.29, 1.82) is 0 Å². The molecule has 0 radical (unpaired) electrons. The second kappa shape index (κ2) is 5.00. The Bertz CT molecular complexity index is 1050. The van der Waals surface area contributed by atoms with E-state index in [1.807, 2.05) is 17.5 Å². The van der Waals surface area contributed by atoms with Gasteiger partial charge in [0.05, 0.1) is 22.1 Å². The van der Waals surface area contributed by atoms with E-state index in [4.69, 9.17) is 0 Å². The summed E-state index contributed by atoms with van der Waals surface area (Å²) in [6.45, 7) is 1.74. The Kier molecular flexibility index (Phi) is 3.17. The minimum atomic E-state index is -3.06. The number of nitrogens with one attached hydrogen (secondary N) is 1. The number of fused-ring (bicyclic) bond motifs is 1. The van der Waals surface area contributed by atoms with Crippen LogP contribution >= 0.6 is 11.3 Å². The van der Waals surface area contributed by atoms with Crippen LogP contribution in [0.5, 0.6) is 0 Å². The highest BCUT2D eigenvalue weighted by Crippen LogP contribution is 2.28. The van der Waals surface area contributed by atoms with Gasteiger partial charge in [0.25, 0.3) is 11.3 Å². The molecule has 0 saturated carbocycles. The summed E-state index contributed by atoms with van der Waals surface area (Å²) < 4.78 is 24.7. The summed E-state index contributed by atoms with van der Waals surface area (Å²) in [6, 6.07) is 3.81. The van der Waals surface area contributed by atoms with Gasteiger partial charge in [-0.3, -0.25) is 9.89 Å². The SMILES string of the molecule is Cc1nc2nc(-c3cccs3)[nH]n2c(=O)c1C1CCS(=O)(=O)C1. The van der Waals surface area contributed by atoms with Crippen LogP contribution in [-0.2, 0) is 9.84 Å². The molecule has 7 nitrogen and oxygen atoms in total. The first-order valence-corrected chi connectivity index (χ1v) is 9.88. The molecule has 0 spiro atoms. The van der Waals surface area contributed by atoms with E-state index in [2.05, 4.69) is 15.1 Å². The third kappa shape index (κ3) is 2.40. The smallest absolute Gasteiger partial charge is 0.270 e. The second-order valence-corrected chi connectivity index (χ2v) is 8.88. The fraction of sp³-hybridized carbons (Fsp3) is 0.357. The number of hydrogen-bond acceptors (Lipinski definition) is 6.